The third-order valence-electron chi connectivity index (χ3n) is 4.42. The van der Waals surface area contributed by atoms with E-state index >= 15 is 0 Å². The van der Waals surface area contributed by atoms with Crippen molar-refractivity contribution in [2.75, 3.05) is 0 Å². The molecule has 3 aromatic rings. The van der Waals surface area contributed by atoms with Gasteiger partial charge in [-0.25, -0.2) is 0 Å². The molecular formula is C19H12Cl4O5S. The molecule has 0 aliphatic heterocycles. The van der Waals surface area contributed by atoms with Crippen LogP contribution in [0.5, 0.6) is 11.5 Å². The second-order valence-electron chi connectivity index (χ2n) is 6.09. The standard InChI is InChI=1S/C19H12Cl4O5S/c20-14-3-1-2-12(18(14)25)19(29(26,27)28,10-4-6-11(24)7-5-10)13-8-16(22)17(23)9-15(13)21/h1-9,24-25H,(H,26,27,28). The van der Waals surface area contributed by atoms with Crippen LogP contribution in [-0.2, 0) is 14.9 Å². The molecule has 3 N–H and O–H groups in total. The molecule has 0 bridgehead atoms. The van der Waals surface area contributed by atoms with Crippen molar-refractivity contribution < 1.29 is 23.2 Å². The average molecular weight is 494 g/mol. The predicted octanol–water partition coefficient (Wildman–Crippen LogP) is 5.89. The summed E-state index contributed by atoms with van der Waals surface area (Å²) in [6.07, 6.45) is 0. The van der Waals surface area contributed by atoms with Crippen LogP contribution in [-0.4, -0.2) is 23.2 Å². The van der Waals surface area contributed by atoms with Crippen molar-refractivity contribution in [3.8, 4) is 11.5 Å². The van der Waals surface area contributed by atoms with Crippen molar-refractivity contribution >= 4 is 56.5 Å². The number of rotatable bonds is 4. The zero-order valence-electron chi connectivity index (χ0n) is 14.3. The SMILES string of the molecule is O=S(=O)(O)C(c1ccc(O)cc1)(c1cc(Cl)c(Cl)cc1Cl)c1cccc(Cl)c1O. The van der Waals surface area contributed by atoms with Crippen LogP contribution in [0.15, 0.2) is 54.6 Å². The van der Waals surface area contributed by atoms with Gasteiger partial charge >= 0.3 is 0 Å². The molecule has 0 spiro atoms. The fraction of sp³-hybridized carbons (Fsp3) is 0.0526. The number of aromatic hydroxyl groups is 2. The highest BCUT2D eigenvalue weighted by atomic mass is 35.5. The molecular weight excluding hydrogens is 482 g/mol. The van der Waals surface area contributed by atoms with Crippen LogP contribution in [0, 0.1) is 0 Å². The highest BCUT2D eigenvalue weighted by Crippen LogP contribution is 2.51. The van der Waals surface area contributed by atoms with Gasteiger partial charge in [-0.05, 0) is 35.9 Å². The van der Waals surface area contributed by atoms with E-state index in [1.54, 1.807) is 0 Å². The second-order valence-corrected chi connectivity index (χ2v) is 9.28. The zero-order valence-corrected chi connectivity index (χ0v) is 18.1. The minimum absolute atomic E-state index is 0.0283. The minimum Gasteiger partial charge on any atom is -0.508 e. The Kier molecular flexibility index (Phi) is 5.98. The fourth-order valence-electron chi connectivity index (χ4n) is 3.17. The van der Waals surface area contributed by atoms with Gasteiger partial charge in [-0.2, -0.15) is 8.42 Å². The Bertz CT molecular complexity index is 1200. The lowest BCUT2D eigenvalue weighted by Gasteiger charge is -2.34. The molecule has 152 valence electrons. The van der Waals surface area contributed by atoms with Crippen molar-refractivity contribution in [3.63, 3.8) is 0 Å². The van der Waals surface area contributed by atoms with Crippen molar-refractivity contribution in [1.29, 1.82) is 0 Å². The van der Waals surface area contributed by atoms with Gasteiger partial charge in [-0.1, -0.05) is 70.7 Å². The summed E-state index contributed by atoms with van der Waals surface area (Å²) in [5.41, 5.74) is -0.464. The zero-order chi connectivity index (χ0) is 21.6. The molecule has 0 heterocycles. The van der Waals surface area contributed by atoms with Crippen LogP contribution in [0.25, 0.3) is 0 Å². The van der Waals surface area contributed by atoms with E-state index in [-0.39, 0.29) is 42.5 Å². The largest absolute Gasteiger partial charge is 0.508 e. The number of halogens is 4. The summed E-state index contributed by atoms with van der Waals surface area (Å²) in [6.45, 7) is 0. The van der Waals surface area contributed by atoms with E-state index < -0.39 is 20.6 Å². The first-order valence-electron chi connectivity index (χ1n) is 7.89. The maximum Gasteiger partial charge on any atom is 0.283 e. The summed E-state index contributed by atoms with van der Waals surface area (Å²) in [7, 11) is -5.08. The first-order chi connectivity index (χ1) is 13.5. The first-order valence-corrected chi connectivity index (χ1v) is 10.8. The molecule has 3 aromatic carbocycles. The second kappa shape index (κ2) is 7.87. The fourth-order valence-corrected chi connectivity index (χ4v) is 5.41. The first kappa shape index (κ1) is 22.0. The van der Waals surface area contributed by atoms with Gasteiger partial charge in [0, 0.05) is 16.1 Å². The Hall–Kier alpha value is -1.67. The van der Waals surface area contributed by atoms with Gasteiger partial charge in [-0.15, -0.1) is 0 Å². The molecule has 29 heavy (non-hydrogen) atoms. The van der Waals surface area contributed by atoms with Crippen molar-refractivity contribution in [2.45, 2.75) is 4.75 Å². The highest BCUT2D eigenvalue weighted by Gasteiger charge is 2.51. The number of phenolic OH excluding ortho intramolecular Hbond substituents is 2. The van der Waals surface area contributed by atoms with Crippen molar-refractivity contribution in [1.82, 2.24) is 0 Å². The maximum absolute atomic E-state index is 13.0. The predicted molar refractivity (Wildman–Crippen MR) is 114 cm³/mol. The molecule has 3 rings (SSSR count). The molecule has 0 radical (unpaired) electrons. The molecule has 0 amide bonds. The minimum atomic E-state index is -5.08. The summed E-state index contributed by atoms with van der Waals surface area (Å²) in [4.78, 5) is 0. The van der Waals surface area contributed by atoms with E-state index in [0.717, 1.165) is 0 Å². The van der Waals surface area contributed by atoms with Crippen LogP contribution in [0.1, 0.15) is 16.7 Å². The number of phenols is 2. The Morgan fingerprint density at radius 1 is 0.724 bits per heavy atom. The van der Waals surface area contributed by atoms with Gasteiger partial charge in [0.15, 0.2) is 4.75 Å². The molecule has 0 aromatic heterocycles. The lowest BCUT2D eigenvalue weighted by atomic mass is 9.83. The van der Waals surface area contributed by atoms with Crippen LogP contribution < -0.4 is 0 Å². The summed E-state index contributed by atoms with van der Waals surface area (Å²) >= 11 is 24.5. The quantitative estimate of drug-likeness (QED) is 0.239. The van der Waals surface area contributed by atoms with E-state index in [9.17, 15) is 23.2 Å². The number of benzene rings is 3. The Morgan fingerprint density at radius 2 is 1.31 bits per heavy atom. The van der Waals surface area contributed by atoms with Gasteiger partial charge in [0.25, 0.3) is 10.1 Å². The third kappa shape index (κ3) is 3.65. The van der Waals surface area contributed by atoms with Crippen LogP contribution in [0.2, 0.25) is 20.1 Å². The molecule has 0 saturated heterocycles. The average Bonchev–Trinajstić information content (AvgIpc) is 2.63. The molecule has 0 aliphatic rings. The number of para-hydroxylation sites is 1. The lowest BCUT2D eigenvalue weighted by Crippen LogP contribution is -2.38. The normalized spacial score (nSPS) is 13.8. The van der Waals surface area contributed by atoms with E-state index in [2.05, 4.69) is 0 Å². The van der Waals surface area contributed by atoms with Crippen LogP contribution in [0.3, 0.4) is 0 Å². The van der Waals surface area contributed by atoms with E-state index in [1.165, 1.54) is 54.6 Å². The molecule has 5 nitrogen and oxygen atoms in total. The monoisotopic (exact) mass is 492 g/mol. The number of hydrogen-bond acceptors (Lipinski definition) is 4. The Labute approximate surface area is 186 Å². The lowest BCUT2D eigenvalue weighted by molar-refractivity contribution is 0.440. The molecule has 10 heteroatoms. The molecule has 0 saturated carbocycles. The number of hydrogen-bond donors (Lipinski definition) is 3. The molecule has 1 unspecified atom stereocenters. The Morgan fingerprint density at radius 3 is 1.90 bits per heavy atom. The Balaban J connectivity index is 2.61. The van der Waals surface area contributed by atoms with E-state index in [4.69, 9.17) is 46.4 Å². The van der Waals surface area contributed by atoms with Gasteiger partial charge in [-0.3, -0.25) is 4.55 Å². The molecule has 0 aliphatic carbocycles. The van der Waals surface area contributed by atoms with Gasteiger partial charge < -0.3 is 10.2 Å². The van der Waals surface area contributed by atoms with Gasteiger partial charge in [0.2, 0.25) is 0 Å². The molecule has 1 atom stereocenters. The maximum atomic E-state index is 13.0. The van der Waals surface area contributed by atoms with Crippen molar-refractivity contribution in [3.05, 3.63) is 91.4 Å². The van der Waals surface area contributed by atoms with E-state index in [0.29, 0.717) is 0 Å². The summed E-state index contributed by atoms with van der Waals surface area (Å²) in [6, 6.07) is 11.4. The highest BCUT2D eigenvalue weighted by molar-refractivity contribution is 7.87. The van der Waals surface area contributed by atoms with Crippen LogP contribution in [0.4, 0.5) is 0 Å². The topological polar surface area (TPSA) is 94.8 Å². The van der Waals surface area contributed by atoms with E-state index in [1.807, 2.05) is 0 Å². The molecule has 0 fully saturated rings. The van der Waals surface area contributed by atoms with Gasteiger partial charge in [0.05, 0.1) is 15.1 Å². The van der Waals surface area contributed by atoms with Crippen LogP contribution >= 0.6 is 46.4 Å². The summed E-state index contributed by atoms with van der Waals surface area (Å²) in [5.74, 6) is -0.726. The third-order valence-corrected chi connectivity index (χ3v) is 7.21. The smallest absolute Gasteiger partial charge is 0.283 e. The van der Waals surface area contributed by atoms with Gasteiger partial charge in [0.1, 0.15) is 11.5 Å². The van der Waals surface area contributed by atoms with Crippen molar-refractivity contribution in [2.24, 2.45) is 0 Å². The summed E-state index contributed by atoms with van der Waals surface area (Å²) < 4.78 is 34.0. The summed E-state index contributed by atoms with van der Waals surface area (Å²) in [5, 5.41) is 20.0.